The van der Waals surface area contributed by atoms with Crippen LogP contribution in [0, 0.1) is 5.41 Å². The Morgan fingerprint density at radius 1 is 1.25 bits per heavy atom. The first-order chi connectivity index (χ1) is 9.35. The lowest BCUT2D eigenvalue weighted by molar-refractivity contribution is 0.240. The Morgan fingerprint density at radius 2 is 1.95 bits per heavy atom. The molecule has 1 rings (SSSR count). The molecule has 0 heterocycles. The summed E-state index contributed by atoms with van der Waals surface area (Å²) < 4.78 is 11.2. The van der Waals surface area contributed by atoms with Crippen molar-refractivity contribution in [3.8, 4) is 11.5 Å². The number of benzene rings is 1. The first-order valence-electron chi connectivity index (χ1n) is 7.41. The van der Waals surface area contributed by atoms with E-state index in [1.807, 2.05) is 12.1 Å². The smallest absolute Gasteiger partial charge is 0.126 e. The number of hydrogen-bond acceptors (Lipinski definition) is 3. The van der Waals surface area contributed by atoms with Crippen LogP contribution in [0.1, 0.15) is 46.1 Å². The zero-order chi connectivity index (χ0) is 15.2. The largest absolute Gasteiger partial charge is 0.497 e. The predicted octanol–water partition coefficient (Wildman–Crippen LogP) is 3.79. The van der Waals surface area contributed by atoms with Gasteiger partial charge in [-0.3, -0.25) is 0 Å². The monoisotopic (exact) mass is 279 g/mol. The lowest BCUT2D eigenvalue weighted by Crippen LogP contribution is -2.22. The highest BCUT2D eigenvalue weighted by molar-refractivity contribution is 5.41. The summed E-state index contributed by atoms with van der Waals surface area (Å²) in [6.07, 6.45) is 2.82. The van der Waals surface area contributed by atoms with Crippen LogP contribution in [0.25, 0.3) is 0 Å². The third kappa shape index (κ3) is 5.83. The molecule has 0 spiro atoms. The topological polar surface area (TPSA) is 44.5 Å². The van der Waals surface area contributed by atoms with Crippen LogP contribution >= 0.6 is 0 Å². The minimum absolute atomic E-state index is 0.174. The molecule has 0 amide bonds. The van der Waals surface area contributed by atoms with Gasteiger partial charge in [-0.2, -0.15) is 0 Å². The minimum Gasteiger partial charge on any atom is -0.497 e. The molecular weight excluding hydrogens is 250 g/mol. The molecule has 0 saturated carbocycles. The van der Waals surface area contributed by atoms with Gasteiger partial charge in [0.1, 0.15) is 11.5 Å². The van der Waals surface area contributed by atoms with Crippen LogP contribution in [0.2, 0.25) is 0 Å². The minimum atomic E-state index is 0.174. The maximum atomic E-state index is 6.06. The number of nitrogens with two attached hydrogens (primary N) is 1. The first-order valence-corrected chi connectivity index (χ1v) is 7.41. The van der Waals surface area contributed by atoms with Crippen LogP contribution in [-0.2, 0) is 6.42 Å². The second-order valence-corrected chi connectivity index (χ2v) is 6.51. The van der Waals surface area contributed by atoms with Gasteiger partial charge in [-0.15, -0.1) is 0 Å². The molecule has 2 N–H and O–H groups in total. The van der Waals surface area contributed by atoms with E-state index in [-0.39, 0.29) is 11.5 Å². The van der Waals surface area contributed by atoms with E-state index in [1.165, 1.54) is 0 Å². The van der Waals surface area contributed by atoms with Gasteiger partial charge in [-0.1, -0.05) is 33.8 Å². The number of rotatable bonds is 7. The molecular formula is C17H29NO2. The second kappa shape index (κ2) is 7.53. The van der Waals surface area contributed by atoms with Crippen molar-refractivity contribution in [1.82, 2.24) is 0 Å². The molecule has 0 aliphatic rings. The highest BCUT2D eigenvalue weighted by Gasteiger charge is 2.13. The van der Waals surface area contributed by atoms with Crippen LogP contribution < -0.4 is 15.2 Å². The highest BCUT2D eigenvalue weighted by Crippen LogP contribution is 2.27. The van der Waals surface area contributed by atoms with Crippen molar-refractivity contribution in [3.05, 3.63) is 23.8 Å². The number of hydrogen-bond donors (Lipinski definition) is 1. The molecule has 0 aliphatic carbocycles. The fourth-order valence-corrected chi connectivity index (χ4v) is 1.86. The van der Waals surface area contributed by atoms with Crippen molar-refractivity contribution < 1.29 is 9.47 Å². The maximum absolute atomic E-state index is 6.06. The average Bonchev–Trinajstić information content (AvgIpc) is 2.38. The summed E-state index contributed by atoms with van der Waals surface area (Å²) in [5.41, 5.74) is 7.49. The third-order valence-corrected chi connectivity index (χ3v) is 3.39. The van der Waals surface area contributed by atoms with Gasteiger partial charge in [0.15, 0.2) is 0 Å². The van der Waals surface area contributed by atoms with Crippen LogP contribution in [0.15, 0.2) is 18.2 Å². The van der Waals surface area contributed by atoms with Gasteiger partial charge in [0.05, 0.1) is 13.7 Å². The molecule has 1 aromatic carbocycles. The summed E-state index contributed by atoms with van der Waals surface area (Å²) in [6.45, 7) is 9.47. The van der Waals surface area contributed by atoms with Gasteiger partial charge in [0.25, 0.3) is 0 Å². The average molecular weight is 279 g/mol. The van der Waals surface area contributed by atoms with Crippen LogP contribution in [0.5, 0.6) is 11.5 Å². The molecule has 20 heavy (non-hydrogen) atoms. The van der Waals surface area contributed by atoms with Gasteiger partial charge >= 0.3 is 0 Å². The summed E-state index contributed by atoms with van der Waals surface area (Å²) >= 11 is 0. The van der Waals surface area contributed by atoms with Crippen LogP contribution in [0.4, 0.5) is 0 Å². The van der Waals surface area contributed by atoms with E-state index < -0.39 is 0 Å². The molecule has 3 heteroatoms. The van der Waals surface area contributed by atoms with Crippen molar-refractivity contribution in [2.75, 3.05) is 13.7 Å². The fourth-order valence-electron chi connectivity index (χ4n) is 1.86. The molecule has 3 nitrogen and oxygen atoms in total. The Hall–Kier alpha value is -1.22. The lowest BCUT2D eigenvalue weighted by Gasteiger charge is -2.20. The normalized spacial score (nSPS) is 13.1. The van der Waals surface area contributed by atoms with Crippen molar-refractivity contribution in [2.45, 2.75) is 53.0 Å². The van der Waals surface area contributed by atoms with Crippen molar-refractivity contribution in [2.24, 2.45) is 11.1 Å². The molecule has 1 atom stereocenters. The van der Waals surface area contributed by atoms with E-state index in [0.717, 1.165) is 36.3 Å². The molecule has 1 unspecified atom stereocenters. The van der Waals surface area contributed by atoms with Gasteiger partial charge in [-0.05, 0) is 36.3 Å². The van der Waals surface area contributed by atoms with Gasteiger partial charge < -0.3 is 15.2 Å². The van der Waals surface area contributed by atoms with Crippen molar-refractivity contribution in [1.29, 1.82) is 0 Å². The molecule has 0 radical (unpaired) electrons. The van der Waals surface area contributed by atoms with E-state index in [0.29, 0.717) is 6.61 Å². The van der Waals surface area contributed by atoms with Gasteiger partial charge in [0.2, 0.25) is 0 Å². The van der Waals surface area contributed by atoms with Gasteiger partial charge in [0, 0.05) is 12.1 Å². The van der Waals surface area contributed by atoms with Crippen LogP contribution in [0.3, 0.4) is 0 Å². The van der Waals surface area contributed by atoms with Crippen LogP contribution in [-0.4, -0.2) is 19.8 Å². The van der Waals surface area contributed by atoms with E-state index in [2.05, 4.69) is 33.8 Å². The standard InChI is InChI=1S/C17H29NO2/c1-6-14(18)11-13-7-8-15(19-5)12-16(13)20-10-9-17(2,3)4/h7-8,12,14H,6,9-11,18H2,1-5H3. The predicted molar refractivity (Wildman–Crippen MR) is 84.5 cm³/mol. The van der Waals surface area contributed by atoms with E-state index in [9.17, 15) is 0 Å². The zero-order valence-corrected chi connectivity index (χ0v) is 13.5. The molecule has 0 aromatic heterocycles. The zero-order valence-electron chi connectivity index (χ0n) is 13.5. The summed E-state index contributed by atoms with van der Waals surface area (Å²) in [6, 6.07) is 6.16. The molecule has 1 aromatic rings. The Bertz CT molecular complexity index is 410. The molecule has 0 bridgehead atoms. The molecule has 114 valence electrons. The second-order valence-electron chi connectivity index (χ2n) is 6.51. The summed E-state index contributed by atoms with van der Waals surface area (Å²) in [4.78, 5) is 0. The lowest BCUT2D eigenvalue weighted by atomic mass is 9.93. The quantitative estimate of drug-likeness (QED) is 0.826. The Morgan fingerprint density at radius 3 is 2.50 bits per heavy atom. The number of ether oxygens (including phenoxy) is 2. The van der Waals surface area contributed by atoms with E-state index >= 15 is 0 Å². The van der Waals surface area contributed by atoms with Crippen molar-refractivity contribution >= 4 is 0 Å². The van der Waals surface area contributed by atoms with Gasteiger partial charge in [-0.25, -0.2) is 0 Å². The SMILES string of the molecule is CCC(N)Cc1ccc(OC)cc1OCCC(C)(C)C. The van der Waals surface area contributed by atoms with E-state index in [1.54, 1.807) is 7.11 Å². The highest BCUT2D eigenvalue weighted by atomic mass is 16.5. The van der Waals surface area contributed by atoms with Crippen molar-refractivity contribution in [3.63, 3.8) is 0 Å². The summed E-state index contributed by atoms with van der Waals surface area (Å²) in [5.74, 6) is 1.72. The molecule has 0 aliphatic heterocycles. The third-order valence-electron chi connectivity index (χ3n) is 3.39. The summed E-state index contributed by atoms with van der Waals surface area (Å²) in [7, 11) is 1.67. The molecule has 0 saturated heterocycles. The Kier molecular flexibility index (Phi) is 6.34. The first kappa shape index (κ1) is 16.8. The maximum Gasteiger partial charge on any atom is 0.126 e. The Balaban J connectivity index is 2.78. The number of methoxy groups -OCH3 is 1. The fraction of sp³-hybridized carbons (Fsp3) is 0.647. The summed E-state index contributed by atoms with van der Waals surface area (Å²) in [5, 5.41) is 0. The Labute approximate surface area is 123 Å². The van der Waals surface area contributed by atoms with E-state index in [4.69, 9.17) is 15.2 Å². The molecule has 0 fully saturated rings.